The first-order chi connectivity index (χ1) is 8.49. The van der Waals surface area contributed by atoms with Crippen molar-refractivity contribution in [1.82, 2.24) is 0 Å². The highest BCUT2D eigenvalue weighted by molar-refractivity contribution is 6.41. The van der Waals surface area contributed by atoms with Crippen molar-refractivity contribution >= 4 is 40.6 Å². The van der Waals surface area contributed by atoms with Gasteiger partial charge in [0.05, 0.1) is 10.0 Å². The summed E-state index contributed by atoms with van der Waals surface area (Å²) in [4.78, 5) is 11.2. The summed E-state index contributed by atoms with van der Waals surface area (Å²) in [6.45, 7) is 1.53. The lowest BCUT2D eigenvalue weighted by molar-refractivity contribution is 0.101. The molecule has 0 unspecified atom stereocenters. The molecule has 18 heavy (non-hydrogen) atoms. The van der Waals surface area contributed by atoms with E-state index in [1.165, 1.54) is 6.92 Å². The monoisotopic (exact) mass is 298 g/mol. The van der Waals surface area contributed by atoms with Gasteiger partial charge in [0.1, 0.15) is 0 Å². The summed E-state index contributed by atoms with van der Waals surface area (Å²) in [5.74, 6) is 0.0230. The average Bonchev–Trinajstić information content (AvgIpc) is 2.28. The van der Waals surface area contributed by atoms with Crippen LogP contribution in [0.2, 0.25) is 15.1 Å². The predicted octanol–water partition coefficient (Wildman–Crippen LogP) is 5.52. The van der Waals surface area contributed by atoms with Crippen LogP contribution < -0.4 is 0 Å². The van der Waals surface area contributed by atoms with Gasteiger partial charge in [-0.2, -0.15) is 0 Å². The summed E-state index contributed by atoms with van der Waals surface area (Å²) in [7, 11) is 0. The zero-order chi connectivity index (χ0) is 13.3. The number of carbonyl (C=O) groups excluding carboxylic acids is 1. The predicted molar refractivity (Wildman–Crippen MR) is 76.9 cm³/mol. The second-order valence-electron chi connectivity index (χ2n) is 3.88. The highest BCUT2D eigenvalue weighted by atomic mass is 35.5. The van der Waals surface area contributed by atoms with E-state index in [-0.39, 0.29) is 5.78 Å². The Hall–Kier alpha value is -1.02. The van der Waals surface area contributed by atoms with Crippen molar-refractivity contribution < 1.29 is 4.79 Å². The molecule has 0 aromatic heterocycles. The quantitative estimate of drug-likeness (QED) is 0.668. The Kier molecular flexibility index (Phi) is 3.96. The maximum Gasteiger partial charge on any atom is 0.159 e. The Bertz CT molecular complexity index is 580. The fraction of sp³-hybridized carbons (Fsp3) is 0.0714. The van der Waals surface area contributed by atoms with E-state index < -0.39 is 0 Å². The number of rotatable bonds is 2. The van der Waals surface area contributed by atoms with E-state index in [1.807, 2.05) is 12.1 Å². The van der Waals surface area contributed by atoms with Crippen molar-refractivity contribution in [3.8, 4) is 11.1 Å². The second kappa shape index (κ2) is 5.31. The lowest BCUT2D eigenvalue weighted by Gasteiger charge is -2.08. The maximum absolute atomic E-state index is 11.2. The third kappa shape index (κ3) is 2.69. The molecule has 0 aliphatic heterocycles. The van der Waals surface area contributed by atoms with Gasteiger partial charge in [-0.05, 0) is 24.6 Å². The number of hydrogen-bond donors (Lipinski definition) is 0. The lowest BCUT2D eigenvalue weighted by atomic mass is 10.0. The molecule has 0 spiro atoms. The molecule has 0 amide bonds. The standard InChI is InChI=1S/C14H9Cl3O/c1-8(18)9-2-4-10(5-3-9)14-12(16)6-11(15)7-13(14)17/h2-7H,1H3. The minimum atomic E-state index is 0.0230. The molecular weight excluding hydrogens is 291 g/mol. The maximum atomic E-state index is 11.2. The Balaban J connectivity index is 2.52. The van der Waals surface area contributed by atoms with Gasteiger partial charge in [-0.25, -0.2) is 0 Å². The Labute approximate surface area is 120 Å². The normalized spacial score (nSPS) is 10.4. The van der Waals surface area contributed by atoms with Crippen LogP contribution in [0.25, 0.3) is 11.1 Å². The number of hydrogen-bond acceptors (Lipinski definition) is 1. The Morgan fingerprint density at radius 1 is 0.944 bits per heavy atom. The third-order valence-electron chi connectivity index (χ3n) is 2.59. The van der Waals surface area contributed by atoms with Crippen LogP contribution in [0.4, 0.5) is 0 Å². The molecule has 0 aliphatic rings. The van der Waals surface area contributed by atoms with Crippen molar-refractivity contribution in [2.45, 2.75) is 6.92 Å². The van der Waals surface area contributed by atoms with Crippen molar-refractivity contribution in [2.24, 2.45) is 0 Å². The molecule has 2 aromatic carbocycles. The first-order valence-electron chi connectivity index (χ1n) is 5.25. The van der Waals surface area contributed by atoms with E-state index >= 15 is 0 Å². The summed E-state index contributed by atoms with van der Waals surface area (Å²) in [5.41, 5.74) is 2.23. The third-order valence-corrected chi connectivity index (χ3v) is 3.40. The van der Waals surface area contributed by atoms with Crippen LogP contribution in [0.15, 0.2) is 36.4 Å². The molecule has 0 radical (unpaired) electrons. The van der Waals surface area contributed by atoms with Crippen molar-refractivity contribution in [2.75, 3.05) is 0 Å². The summed E-state index contributed by atoms with van der Waals surface area (Å²) in [6.07, 6.45) is 0. The van der Waals surface area contributed by atoms with Gasteiger partial charge in [0.15, 0.2) is 5.78 Å². The minimum Gasteiger partial charge on any atom is -0.295 e. The highest BCUT2D eigenvalue weighted by Crippen LogP contribution is 2.37. The van der Waals surface area contributed by atoms with Crippen LogP contribution in [0.5, 0.6) is 0 Å². The minimum absolute atomic E-state index is 0.0230. The molecule has 1 nitrogen and oxygen atoms in total. The fourth-order valence-corrected chi connectivity index (χ4v) is 2.72. The fourth-order valence-electron chi connectivity index (χ4n) is 1.69. The summed E-state index contributed by atoms with van der Waals surface area (Å²) in [6, 6.07) is 10.4. The number of ketones is 1. The van der Waals surface area contributed by atoms with Gasteiger partial charge in [0.25, 0.3) is 0 Å². The topological polar surface area (TPSA) is 17.1 Å². The van der Waals surface area contributed by atoms with Crippen molar-refractivity contribution in [1.29, 1.82) is 0 Å². The number of halogens is 3. The van der Waals surface area contributed by atoms with E-state index in [0.717, 1.165) is 11.1 Å². The van der Waals surface area contributed by atoms with Gasteiger partial charge >= 0.3 is 0 Å². The average molecular weight is 300 g/mol. The highest BCUT2D eigenvalue weighted by Gasteiger charge is 2.10. The Morgan fingerprint density at radius 3 is 1.89 bits per heavy atom. The van der Waals surface area contributed by atoms with Gasteiger partial charge < -0.3 is 0 Å². The van der Waals surface area contributed by atoms with Gasteiger partial charge in [0.2, 0.25) is 0 Å². The summed E-state index contributed by atoms with van der Waals surface area (Å²) < 4.78 is 0. The SMILES string of the molecule is CC(=O)c1ccc(-c2c(Cl)cc(Cl)cc2Cl)cc1. The van der Waals surface area contributed by atoms with Gasteiger partial charge in [0, 0.05) is 16.1 Å². The van der Waals surface area contributed by atoms with E-state index in [1.54, 1.807) is 24.3 Å². The molecule has 0 bridgehead atoms. The zero-order valence-corrected chi connectivity index (χ0v) is 11.8. The molecule has 0 aliphatic carbocycles. The van der Waals surface area contributed by atoms with Gasteiger partial charge in [-0.3, -0.25) is 4.79 Å². The largest absolute Gasteiger partial charge is 0.295 e. The van der Waals surface area contributed by atoms with Gasteiger partial charge in [-0.1, -0.05) is 59.1 Å². The number of Topliss-reactive ketones (excluding diaryl/α,β-unsaturated/α-hetero) is 1. The smallest absolute Gasteiger partial charge is 0.159 e. The van der Waals surface area contributed by atoms with Crippen LogP contribution in [-0.2, 0) is 0 Å². The Morgan fingerprint density at radius 2 is 1.44 bits per heavy atom. The molecule has 92 valence electrons. The second-order valence-corrected chi connectivity index (χ2v) is 5.13. The molecule has 2 rings (SSSR count). The van der Waals surface area contributed by atoms with E-state index in [4.69, 9.17) is 34.8 Å². The number of benzene rings is 2. The molecule has 0 saturated carbocycles. The van der Waals surface area contributed by atoms with E-state index in [2.05, 4.69) is 0 Å². The number of carbonyl (C=O) groups is 1. The molecule has 0 fully saturated rings. The summed E-state index contributed by atoms with van der Waals surface area (Å²) >= 11 is 18.1. The molecule has 0 heterocycles. The van der Waals surface area contributed by atoms with Crippen molar-refractivity contribution in [3.05, 3.63) is 57.0 Å². The first-order valence-corrected chi connectivity index (χ1v) is 6.38. The first kappa shape index (κ1) is 13.4. The van der Waals surface area contributed by atoms with E-state index in [9.17, 15) is 4.79 Å². The van der Waals surface area contributed by atoms with Crippen LogP contribution in [0, 0.1) is 0 Å². The van der Waals surface area contributed by atoms with Crippen LogP contribution in [0.1, 0.15) is 17.3 Å². The van der Waals surface area contributed by atoms with Crippen LogP contribution in [0.3, 0.4) is 0 Å². The lowest BCUT2D eigenvalue weighted by Crippen LogP contribution is -1.91. The van der Waals surface area contributed by atoms with Crippen LogP contribution >= 0.6 is 34.8 Å². The molecule has 0 N–H and O–H groups in total. The van der Waals surface area contributed by atoms with Gasteiger partial charge in [-0.15, -0.1) is 0 Å². The van der Waals surface area contributed by atoms with Crippen molar-refractivity contribution in [3.63, 3.8) is 0 Å². The zero-order valence-electron chi connectivity index (χ0n) is 9.51. The molecule has 4 heteroatoms. The molecule has 2 aromatic rings. The molecule has 0 atom stereocenters. The summed E-state index contributed by atoms with van der Waals surface area (Å²) in [5, 5.41) is 1.47. The van der Waals surface area contributed by atoms with E-state index in [0.29, 0.717) is 20.6 Å². The van der Waals surface area contributed by atoms with Crippen LogP contribution in [-0.4, -0.2) is 5.78 Å². The molecule has 0 saturated heterocycles. The molecular formula is C14H9Cl3O.